The van der Waals surface area contributed by atoms with Gasteiger partial charge in [-0.05, 0) is 26.0 Å². The van der Waals surface area contributed by atoms with Crippen molar-refractivity contribution in [3.63, 3.8) is 0 Å². The van der Waals surface area contributed by atoms with Crippen LogP contribution in [0.15, 0.2) is 34.7 Å². The van der Waals surface area contributed by atoms with Crippen LogP contribution in [0, 0.1) is 6.92 Å². The number of thiazole rings is 1. The second-order valence-corrected chi connectivity index (χ2v) is 5.44. The molecular formula is C14H14N2OS. The van der Waals surface area contributed by atoms with Crippen molar-refractivity contribution in [1.82, 2.24) is 4.98 Å². The summed E-state index contributed by atoms with van der Waals surface area (Å²) in [5, 5.41) is 2.00. The van der Waals surface area contributed by atoms with E-state index < -0.39 is 0 Å². The van der Waals surface area contributed by atoms with Crippen LogP contribution in [0.3, 0.4) is 0 Å². The molecule has 1 atom stereocenters. The zero-order chi connectivity index (χ0) is 12.7. The van der Waals surface area contributed by atoms with Gasteiger partial charge in [-0.2, -0.15) is 0 Å². The molecule has 0 radical (unpaired) electrons. The highest BCUT2D eigenvalue weighted by Gasteiger charge is 2.15. The van der Waals surface area contributed by atoms with Gasteiger partial charge >= 0.3 is 0 Å². The van der Waals surface area contributed by atoms with Crippen molar-refractivity contribution in [1.29, 1.82) is 0 Å². The van der Waals surface area contributed by atoms with Crippen molar-refractivity contribution in [2.75, 3.05) is 0 Å². The number of hydrogen-bond acceptors (Lipinski definition) is 4. The van der Waals surface area contributed by atoms with Crippen LogP contribution in [0.2, 0.25) is 0 Å². The minimum Gasteiger partial charge on any atom is -0.454 e. The third kappa shape index (κ3) is 1.83. The van der Waals surface area contributed by atoms with Crippen LogP contribution in [0.25, 0.3) is 21.7 Å². The molecule has 2 aromatic heterocycles. The molecule has 0 amide bonds. The Balaban J connectivity index is 2.11. The molecular weight excluding hydrogens is 244 g/mol. The summed E-state index contributed by atoms with van der Waals surface area (Å²) in [6.45, 7) is 3.96. The van der Waals surface area contributed by atoms with E-state index in [2.05, 4.69) is 4.98 Å². The first-order valence-corrected chi connectivity index (χ1v) is 6.68. The SMILES string of the molecule is Cc1nc(-c2cc3ccccc3o2)sc1C(C)N. The third-order valence-electron chi connectivity index (χ3n) is 2.88. The molecule has 4 heteroatoms. The van der Waals surface area contributed by atoms with Crippen molar-refractivity contribution < 1.29 is 4.42 Å². The predicted molar refractivity (Wildman–Crippen MR) is 74.7 cm³/mol. The molecule has 0 spiro atoms. The van der Waals surface area contributed by atoms with Gasteiger partial charge in [0.2, 0.25) is 0 Å². The van der Waals surface area contributed by atoms with E-state index in [9.17, 15) is 0 Å². The highest BCUT2D eigenvalue weighted by molar-refractivity contribution is 7.15. The van der Waals surface area contributed by atoms with Crippen LogP contribution in [0.4, 0.5) is 0 Å². The number of furan rings is 1. The Labute approximate surface area is 109 Å². The van der Waals surface area contributed by atoms with E-state index in [4.69, 9.17) is 10.2 Å². The lowest BCUT2D eigenvalue weighted by Crippen LogP contribution is -2.03. The molecule has 1 unspecified atom stereocenters. The Bertz CT molecular complexity index is 664. The Morgan fingerprint density at radius 1 is 1.33 bits per heavy atom. The van der Waals surface area contributed by atoms with E-state index in [-0.39, 0.29) is 6.04 Å². The molecule has 3 aromatic rings. The fraction of sp³-hybridized carbons (Fsp3) is 0.214. The summed E-state index contributed by atoms with van der Waals surface area (Å²) in [7, 11) is 0. The first-order valence-electron chi connectivity index (χ1n) is 5.87. The maximum Gasteiger partial charge on any atom is 0.164 e. The minimum atomic E-state index is 0.0145. The monoisotopic (exact) mass is 258 g/mol. The van der Waals surface area contributed by atoms with Crippen molar-refractivity contribution in [2.24, 2.45) is 5.73 Å². The number of rotatable bonds is 2. The second-order valence-electron chi connectivity index (χ2n) is 4.41. The summed E-state index contributed by atoms with van der Waals surface area (Å²) in [6.07, 6.45) is 0. The van der Waals surface area contributed by atoms with E-state index in [0.717, 1.165) is 32.3 Å². The van der Waals surface area contributed by atoms with Gasteiger partial charge < -0.3 is 10.2 Å². The van der Waals surface area contributed by atoms with E-state index in [0.29, 0.717) is 0 Å². The highest BCUT2D eigenvalue weighted by atomic mass is 32.1. The van der Waals surface area contributed by atoms with Crippen LogP contribution in [0.5, 0.6) is 0 Å². The lowest BCUT2D eigenvalue weighted by Gasteiger charge is -1.99. The van der Waals surface area contributed by atoms with Gasteiger partial charge in [0, 0.05) is 16.3 Å². The molecule has 0 saturated heterocycles. The van der Waals surface area contributed by atoms with Gasteiger partial charge in [0.1, 0.15) is 5.58 Å². The standard InChI is InChI=1S/C14H14N2OS/c1-8(15)13-9(2)16-14(18-13)12-7-10-5-3-4-6-11(10)17-12/h3-8H,15H2,1-2H3. The van der Waals surface area contributed by atoms with Crippen LogP contribution < -0.4 is 5.73 Å². The molecule has 2 heterocycles. The van der Waals surface area contributed by atoms with Crippen molar-refractivity contribution in [3.8, 4) is 10.8 Å². The molecule has 0 bridgehead atoms. The average molecular weight is 258 g/mol. The van der Waals surface area contributed by atoms with Crippen molar-refractivity contribution >= 4 is 22.3 Å². The molecule has 0 fully saturated rings. The molecule has 3 nitrogen and oxygen atoms in total. The van der Waals surface area contributed by atoms with Gasteiger partial charge in [-0.25, -0.2) is 4.98 Å². The molecule has 1 aromatic carbocycles. The fourth-order valence-electron chi connectivity index (χ4n) is 2.02. The Kier molecular flexibility index (Phi) is 2.69. The fourth-order valence-corrected chi connectivity index (χ4v) is 2.99. The molecule has 0 aliphatic heterocycles. The van der Waals surface area contributed by atoms with E-state index >= 15 is 0 Å². The summed E-state index contributed by atoms with van der Waals surface area (Å²) in [6, 6.07) is 10.0. The molecule has 0 aliphatic rings. The third-order valence-corrected chi connectivity index (χ3v) is 4.26. The number of nitrogens with zero attached hydrogens (tertiary/aromatic N) is 1. The molecule has 92 valence electrons. The smallest absolute Gasteiger partial charge is 0.164 e. The number of nitrogens with two attached hydrogens (primary N) is 1. The van der Waals surface area contributed by atoms with E-state index in [1.807, 2.05) is 44.2 Å². The average Bonchev–Trinajstić information content (AvgIpc) is 2.91. The van der Waals surface area contributed by atoms with Gasteiger partial charge in [0.05, 0.1) is 5.69 Å². The number of hydrogen-bond donors (Lipinski definition) is 1. The summed E-state index contributed by atoms with van der Waals surface area (Å²) in [5.74, 6) is 0.816. The zero-order valence-corrected chi connectivity index (χ0v) is 11.1. The normalized spacial score (nSPS) is 13.1. The van der Waals surface area contributed by atoms with Crippen LogP contribution in [0.1, 0.15) is 23.5 Å². The number of aromatic nitrogens is 1. The van der Waals surface area contributed by atoms with Gasteiger partial charge in [0.15, 0.2) is 10.8 Å². The topological polar surface area (TPSA) is 52.0 Å². The molecule has 3 rings (SSSR count). The lowest BCUT2D eigenvalue weighted by molar-refractivity contribution is 0.630. The van der Waals surface area contributed by atoms with Gasteiger partial charge in [-0.1, -0.05) is 18.2 Å². The zero-order valence-electron chi connectivity index (χ0n) is 10.3. The number of benzene rings is 1. The van der Waals surface area contributed by atoms with Crippen LogP contribution in [-0.2, 0) is 0 Å². The minimum absolute atomic E-state index is 0.0145. The molecule has 2 N–H and O–H groups in total. The van der Waals surface area contributed by atoms with E-state index in [1.165, 1.54) is 0 Å². The molecule has 0 saturated carbocycles. The predicted octanol–water partition coefficient (Wildman–Crippen LogP) is 3.88. The second kappa shape index (κ2) is 4.23. The number of para-hydroxylation sites is 1. The van der Waals surface area contributed by atoms with Crippen LogP contribution in [-0.4, -0.2) is 4.98 Å². The highest BCUT2D eigenvalue weighted by Crippen LogP contribution is 2.34. The maximum absolute atomic E-state index is 5.92. The maximum atomic E-state index is 5.92. The molecule has 0 aliphatic carbocycles. The quantitative estimate of drug-likeness (QED) is 0.758. The number of fused-ring (bicyclic) bond motifs is 1. The summed E-state index contributed by atoms with van der Waals surface area (Å²) in [4.78, 5) is 5.66. The summed E-state index contributed by atoms with van der Waals surface area (Å²) < 4.78 is 5.81. The molecule has 18 heavy (non-hydrogen) atoms. The lowest BCUT2D eigenvalue weighted by atomic mass is 10.2. The first kappa shape index (κ1) is 11.4. The van der Waals surface area contributed by atoms with Gasteiger partial charge in [-0.15, -0.1) is 11.3 Å². The largest absolute Gasteiger partial charge is 0.454 e. The number of aryl methyl sites for hydroxylation is 1. The Morgan fingerprint density at radius 3 is 2.78 bits per heavy atom. The first-order chi connectivity index (χ1) is 8.65. The van der Waals surface area contributed by atoms with E-state index in [1.54, 1.807) is 11.3 Å². The Morgan fingerprint density at radius 2 is 2.11 bits per heavy atom. The van der Waals surface area contributed by atoms with Crippen LogP contribution >= 0.6 is 11.3 Å². The Hall–Kier alpha value is -1.65. The van der Waals surface area contributed by atoms with Crippen molar-refractivity contribution in [3.05, 3.63) is 40.9 Å². The van der Waals surface area contributed by atoms with Gasteiger partial charge in [-0.3, -0.25) is 0 Å². The summed E-state index contributed by atoms with van der Waals surface area (Å²) >= 11 is 1.61. The van der Waals surface area contributed by atoms with Gasteiger partial charge in [0.25, 0.3) is 0 Å². The summed E-state index contributed by atoms with van der Waals surface area (Å²) in [5.41, 5.74) is 7.80. The van der Waals surface area contributed by atoms with Crippen molar-refractivity contribution in [2.45, 2.75) is 19.9 Å².